The van der Waals surface area contributed by atoms with E-state index in [2.05, 4.69) is 29.2 Å². The molecule has 0 unspecified atom stereocenters. The number of hydrogen-bond acceptors (Lipinski definition) is 4. The molecule has 0 bridgehead atoms. The van der Waals surface area contributed by atoms with E-state index in [1.807, 2.05) is 17.0 Å². The van der Waals surface area contributed by atoms with Crippen LogP contribution in [0, 0.1) is 0 Å². The van der Waals surface area contributed by atoms with Crippen LogP contribution in [0.3, 0.4) is 0 Å². The van der Waals surface area contributed by atoms with Crippen LogP contribution in [0.25, 0.3) is 0 Å². The molecule has 0 radical (unpaired) electrons. The maximum absolute atomic E-state index is 13.1. The van der Waals surface area contributed by atoms with Gasteiger partial charge in [0, 0.05) is 43.3 Å². The third kappa shape index (κ3) is 4.34. The van der Waals surface area contributed by atoms with Gasteiger partial charge in [-0.3, -0.25) is 14.6 Å². The van der Waals surface area contributed by atoms with E-state index in [9.17, 15) is 9.59 Å². The molecule has 0 aromatic heterocycles. The minimum Gasteiger partial charge on any atom is -0.441 e. The predicted molar refractivity (Wildman–Crippen MR) is 124 cm³/mol. The SMILES string of the molecule is O=C(CN1CCc2ccccc2C1)N1CCC[C@@]2(CC1)CN(c1cccc(Cl)c1)C(=O)O2. The number of hydrogen-bond donors (Lipinski definition) is 0. The van der Waals surface area contributed by atoms with Crippen molar-refractivity contribution >= 4 is 29.3 Å². The molecule has 2 saturated heterocycles. The number of halogens is 1. The van der Waals surface area contributed by atoms with Crippen molar-refractivity contribution in [2.45, 2.75) is 37.8 Å². The number of benzene rings is 2. The molecule has 2 fully saturated rings. The highest BCUT2D eigenvalue weighted by molar-refractivity contribution is 6.30. The number of ether oxygens (including phenoxy) is 1. The summed E-state index contributed by atoms with van der Waals surface area (Å²) in [4.78, 5) is 31.5. The second-order valence-corrected chi connectivity index (χ2v) is 9.52. The van der Waals surface area contributed by atoms with Crippen molar-refractivity contribution in [3.63, 3.8) is 0 Å². The zero-order chi connectivity index (χ0) is 22.1. The van der Waals surface area contributed by atoms with Gasteiger partial charge in [-0.25, -0.2) is 4.79 Å². The lowest BCUT2D eigenvalue weighted by Crippen LogP contribution is -2.43. The second-order valence-electron chi connectivity index (χ2n) is 9.08. The minimum absolute atomic E-state index is 0.164. The Hall–Kier alpha value is -2.57. The zero-order valence-electron chi connectivity index (χ0n) is 18.1. The van der Waals surface area contributed by atoms with Crippen LogP contribution in [0.15, 0.2) is 48.5 Å². The zero-order valence-corrected chi connectivity index (χ0v) is 18.9. The Morgan fingerprint density at radius 1 is 1.03 bits per heavy atom. The first kappa shape index (κ1) is 21.3. The van der Waals surface area contributed by atoms with E-state index in [1.165, 1.54) is 11.1 Å². The van der Waals surface area contributed by atoms with Gasteiger partial charge in [0.05, 0.1) is 13.1 Å². The van der Waals surface area contributed by atoms with Crippen molar-refractivity contribution in [1.82, 2.24) is 9.80 Å². The highest BCUT2D eigenvalue weighted by Crippen LogP contribution is 2.36. The third-order valence-electron chi connectivity index (χ3n) is 6.91. The quantitative estimate of drug-likeness (QED) is 0.702. The Morgan fingerprint density at radius 3 is 2.72 bits per heavy atom. The number of carbonyl (C=O) groups is 2. The van der Waals surface area contributed by atoms with E-state index in [-0.39, 0.29) is 12.0 Å². The van der Waals surface area contributed by atoms with Crippen LogP contribution < -0.4 is 4.90 Å². The van der Waals surface area contributed by atoms with E-state index in [1.54, 1.807) is 17.0 Å². The fraction of sp³-hybridized carbons (Fsp3) is 0.440. The summed E-state index contributed by atoms with van der Waals surface area (Å²) < 4.78 is 5.89. The van der Waals surface area contributed by atoms with E-state index < -0.39 is 5.60 Å². The summed E-state index contributed by atoms with van der Waals surface area (Å²) >= 11 is 6.11. The largest absolute Gasteiger partial charge is 0.441 e. The number of nitrogens with zero attached hydrogens (tertiary/aromatic N) is 3. The first-order chi connectivity index (χ1) is 15.5. The molecule has 1 spiro atoms. The average molecular weight is 454 g/mol. The van der Waals surface area contributed by atoms with E-state index in [0.29, 0.717) is 37.6 Å². The Balaban J connectivity index is 1.20. The second kappa shape index (κ2) is 8.75. The molecule has 3 heterocycles. The molecule has 32 heavy (non-hydrogen) atoms. The monoisotopic (exact) mass is 453 g/mol. The van der Waals surface area contributed by atoms with Crippen LogP contribution in [0.2, 0.25) is 5.02 Å². The van der Waals surface area contributed by atoms with Gasteiger partial charge in [0.1, 0.15) is 5.60 Å². The molecule has 6 nitrogen and oxygen atoms in total. The van der Waals surface area contributed by atoms with Gasteiger partial charge in [-0.2, -0.15) is 0 Å². The number of anilines is 1. The molecule has 168 valence electrons. The average Bonchev–Trinajstić information content (AvgIpc) is 2.97. The lowest BCUT2D eigenvalue weighted by molar-refractivity contribution is -0.132. The van der Waals surface area contributed by atoms with E-state index in [4.69, 9.17) is 16.3 Å². The summed E-state index contributed by atoms with van der Waals surface area (Å²) in [6.45, 7) is 3.99. The molecule has 3 aliphatic heterocycles. The molecular formula is C25H28ClN3O3. The Labute approximate surface area is 193 Å². The molecule has 5 rings (SSSR count). The van der Waals surface area contributed by atoms with Gasteiger partial charge < -0.3 is 9.64 Å². The summed E-state index contributed by atoms with van der Waals surface area (Å²) in [5.74, 6) is 0.164. The van der Waals surface area contributed by atoms with Crippen molar-refractivity contribution in [3.8, 4) is 0 Å². The molecule has 2 amide bonds. The standard InChI is InChI=1S/C25H28ClN3O3/c26-21-7-3-8-22(15-21)29-18-25(32-24(29)31)10-4-12-28(14-11-25)23(30)17-27-13-9-19-5-1-2-6-20(19)16-27/h1-3,5-8,15H,4,9-14,16-18H2/t25-/m1/s1. The molecule has 0 saturated carbocycles. The van der Waals surface area contributed by atoms with Crippen molar-refractivity contribution in [2.24, 2.45) is 0 Å². The Kier molecular flexibility index (Phi) is 5.82. The van der Waals surface area contributed by atoms with Crippen LogP contribution in [0.4, 0.5) is 10.5 Å². The molecule has 2 aromatic carbocycles. The molecule has 1 atom stereocenters. The number of likely N-dealkylation sites (tertiary alicyclic amines) is 1. The number of carbonyl (C=O) groups excluding carboxylic acids is 2. The maximum Gasteiger partial charge on any atom is 0.415 e. The van der Waals surface area contributed by atoms with E-state index in [0.717, 1.165) is 38.0 Å². The molecule has 3 aliphatic rings. The molecular weight excluding hydrogens is 426 g/mol. The lowest BCUT2D eigenvalue weighted by atomic mass is 9.95. The number of rotatable bonds is 3. The topological polar surface area (TPSA) is 53.1 Å². The van der Waals surface area contributed by atoms with Gasteiger partial charge >= 0.3 is 6.09 Å². The first-order valence-corrected chi connectivity index (χ1v) is 11.7. The highest BCUT2D eigenvalue weighted by atomic mass is 35.5. The fourth-order valence-electron chi connectivity index (χ4n) is 5.12. The predicted octanol–water partition coefficient (Wildman–Crippen LogP) is 4.11. The molecule has 2 aromatic rings. The van der Waals surface area contributed by atoms with Gasteiger partial charge in [0.2, 0.25) is 5.91 Å². The van der Waals surface area contributed by atoms with Gasteiger partial charge in [-0.05, 0) is 48.6 Å². The van der Waals surface area contributed by atoms with Gasteiger partial charge in [0.25, 0.3) is 0 Å². The van der Waals surface area contributed by atoms with Crippen LogP contribution in [-0.4, -0.2) is 60.1 Å². The summed E-state index contributed by atoms with van der Waals surface area (Å²) in [5.41, 5.74) is 2.92. The van der Waals surface area contributed by atoms with Crippen LogP contribution in [0.5, 0.6) is 0 Å². The van der Waals surface area contributed by atoms with Gasteiger partial charge in [-0.1, -0.05) is 41.9 Å². The highest BCUT2D eigenvalue weighted by Gasteiger charge is 2.46. The first-order valence-electron chi connectivity index (χ1n) is 11.3. The summed E-state index contributed by atoms with van der Waals surface area (Å²) in [5, 5.41) is 0.592. The third-order valence-corrected chi connectivity index (χ3v) is 7.14. The number of fused-ring (bicyclic) bond motifs is 1. The van der Waals surface area contributed by atoms with Crippen molar-refractivity contribution < 1.29 is 14.3 Å². The van der Waals surface area contributed by atoms with Crippen molar-refractivity contribution in [3.05, 3.63) is 64.7 Å². The van der Waals surface area contributed by atoms with Crippen molar-refractivity contribution in [1.29, 1.82) is 0 Å². The maximum atomic E-state index is 13.1. The smallest absolute Gasteiger partial charge is 0.415 e. The van der Waals surface area contributed by atoms with Crippen LogP contribution in [-0.2, 0) is 22.5 Å². The van der Waals surface area contributed by atoms with Gasteiger partial charge in [0.15, 0.2) is 0 Å². The summed E-state index contributed by atoms with van der Waals surface area (Å²) in [6, 6.07) is 15.8. The molecule has 0 N–H and O–H groups in total. The summed E-state index contributed by atoms with van der Waals surface area (Å²) in [6.07, 6.45) is 2.90. The van der Waals surface area contributed by atoms with Gasteiger partial charge in [-0.15, -0.1) is 0 Å². The lowest BCUT2D eigenvalue weighted by Gasteiger charge is -2.30. The Bertz CT molecular complexity index is 1030. The summed E-state index contributed by atoms with van der Waals surface area (Å²) in [7, 11) is 0. The molecule has 7 heteroatoms. The van der Waals surface area contributed by atoms with Crippen LogP contribution >= 0.6 is 11.6 Å². The Morgan fingerprint density at radius 2 is 1.88 bits per heavy atom. The van der Waals surface area contributed by atoms with Crippen molar-refractivity contribution in [2.75, 3.05) is 37.6 Å². The normalized spacial score (nSPS) is 23.7. The van der Waals surface area contributed by atoms with E-state index >= 15 is 0 Å². The number of amides is 2. The fourth-order valence-corrected chi connectivity index (χ4v) is 5.31. The minimum atomic E-state index is -0.543. The molecule has 0 aliphatic carbocycles. The van der Waals surface area contributed by atoms with Crippen LogP contribution in [0.1, 0.15) is 30.4 Å².